The number of hydrazone groups is 1. The second-order valence-corrected chi connectivity index (χ2v) is 5.88. The number of ether oxygens (including phenoxy) is 1. The van der Waals surface area contributed by atoms with Crippen LogP contribution >= 0.6 is 11.6 Å². The van der Waals surface area contributed by atoms with Gasteiger partial charge in [-0.25, -0.2) is 5.43 Å². The van der Waals surface area contributed by atoms with Gasteiger partial charge in [0.25, 0.3) is 5.91 Å². The molecule has 3 N–H and O–H groups in total. The largest absolute Gasteiger partial charge is 0.483 e. The van der Waals surface area contributed by atoms with E-state index in [9.17, 15) is 14.4 Å². The molecule has 0 spiro atoms. The molecule has 3 amide bonds. The Morgan fingerprint density at radius 3 is 2.50 bits per heavy atom. The van der Waals surface area contributed by atoms with Crippen LogP contribution in [0.1, 0.15) is 12.5 Å². The molecule has 0 aromatic heterocycles. The fourth-order valence-electron chi connectivity index (χ4n) is 2.04. The monoisotopic (exact) mass is 402 g/mol. The van der Waals surface area contributed by atoms with Crippen molar-refractivity contribution in [3.8, 4) is 5.75 Å². The van der Waals surface area contributed by atoms with Crippen LogP contribution in [0.5, 0.6) is 5.75 Å². The van der Waals surface area contributed by atoms with E-state index in [1.54, 1.807) is 55.5 Å². The van der Waals surface area contributed by atoms with Crippen LogP contribution in [0.15, 0.2) is 53.6 Å². The van der Waals surface area contributed by atoms with E-state index in [1.165, 1.54) is 6.21 Å². The molecule has 8 nitrogen and oxygen atoms in total. The number of hydrogen-bond acceptors (Lipinski definition) is 5. The number of nitrogens with zero attached hydrogens (tertiary/aromatic N) is 1. The van der Waals surface area contributed by atoms with Crippen molar-refractivity contribution in [1.29, 1.82) is 0 Å². The second kappa shape index (κ2) is 10.7. The van der Waals surface area contributed by atoms with Gasteiger partial charge in [-0.15, -0.1) is 0 Å². The van der Waals surface area contributed by atoms with Crippen LogP contribution in [-0.2, 0) is 14.4 Å². The minimum absolute atomic E-state index is 0.223. The fraction of sp³-hybridized carbons (Fsp3) is 0.158. The molecule has 9 heteroatoms. The molecule has 0 aliphatic heterocycles. The summed E-state index contributed by atoms with van der Waals surface area (Å²) in [5.41, 5.74) is 3.24. The molecule has 0 aliphatic rings. The van der Waals surface area contributed by atoms with E-state index in [2.05, 4.69) is 21.2 Å². The first-order valence-electron chi connectivity index (χ1n) is 8.38. The first kappa shape index (κ1) is 20.9. The minimum atomic E-state index is -0.876. The zero-order chi connectivity index (χ0) is 20.4. The quantitative estimate of drug-likeness (QED) is 0.373. The maximum Gasteiger partial charge on any atom is 0.329 e. The number of carbonyl (C=O) groups excluding carboxylic acids is 3. The van der Waals surface area contributed by atoms with Gasteiger partial charge in [-0.3, -0.25) is 14.4 Å². The van der Waals surface area contributed by atoms with Crippen LogP contribution in [0.4, 0.5) is 5.69 Å². The summed E-state index contributed by atoms with van der Waals surface area (Å²) in [6.45, 7) is 1.81. The molecule has 0 atom stereocenters. The molecule has 2 aromatic carbocycles. The summed E-state index contributed by atoms with van der Waals surface area (Å²) in [5, 5.41) is 9.34. The van der Waals surface area contributed by atoms with Crippen LogP contribution in [-0.4, -0.2) is 37.1 Å². The summed E-state index contributed by atoms with van der Waals surface area (Å²) in [7, 11) is 0. The lowest BCUT2D eigenvalue weighted by Crippen LogP contribution is -2.37. The van der Waals surface area contributed by atoms with Gasteiger partial charge in [0, 0.05) is 22.8 Å². The average Bonchev–Trinajstić information content (AvgIpc) is 2.69. The summed E-state index contributed by atoms with van der Waals surface area (Å²) in [6.07, 6.45) is 1.32. The van der Waals surface area contributed by atoms with Crippen molar-refractivity contribution in [2.75, 3.05) is 18.5 Å². The van der Waals surface area contributed by atoms with Crippen LogP contribution in [0, 0.1) is 0 Å². The molecule has 0 heterocycles. The number of anilines is 1. The molecule has 0 radical (unpaired) electrons. The molecule has 0 saturated carbocycles. The van der Waals surface area contributed by atoms with Gasteiger partial charge in [0.15, 0.2) is 6.61 Å². The summed E-state index contributed by atoms with van der Waals surface area (Å²) in [4.78, 5) is 34.8. The molecule has 0 saturated heterocycles. The highest BCUT2D eigenvalue weighted by Gasteiger charge is 2.10. The number of para-hydroxylation sites is 1. The summed E-state index contributed by atoms with van der Waals surface area (Å²) >= 11 is 5.80. The standard InChI is InChI=1S/C19H19ClN4O4/c1-2-21-18(26)19(27)24-22-11-13-5-3-4-6-16(13)28-12-17(25)23-15-9-7-14(20)8-10-15/h3-11H,2,12H2,1H3,(H,21,26)(H,23,25)(H,24,27)/b22-11-. The molecule has 28 heavy (non-hydrogen) atoms. The molecule has 0 unspecified atom stereocenters. The Kier molecular flexibility index (Phi) is 7.98. The Labute approximate surface area is 166 Å². The Morgan fingerprint density at radius 1 is 1.07 bits per heavy atom. The normalized spacial score (nSPS) is 10.4. The Hall–Kier alpha value is -3.39. The van der Waals surface area contributed by atoms with Gasteiger partial charge >= 0.3 is 11.8 Å². The first-order chi connectivity index (χ1) is 13.5. The van der Waals surface area contributed by atoms with Crippen molar-refractivity contribution in [3.05, 3.63) is 59.1 Å². The van der Waals surface area contributed by atoms with Crippen LogP contribution in [0.3, 0.4) is 0 Å². The van der Waals surface area contributed by atoms with E-state index in [0.29, 0.717) is 28.6 Å². The molecular weight excluding hydrogens is 384 g/mol. The molecule has 2 aromatic rings. The van der Waals surface area contributed by atoms with Crippen molar-refractivity contribution in [3.63, 3.8) is 0 Å². The number of nitrogens with one attached hydrogen (secondary N) is 3. The molecule has 0 fully saturated rings. The Morgan fingerprint density at radius 2 is 1.79 bits per heavy atom. The van der Waals surface area contributed by atoms with Crippen molar-refractivity contribution in [1.82, 2.24) is 10.7 Å². The van der Waals surface area contributed by atoms with Crippen LogP contribution < -0.4 is 20.8 Å². The smallest absolute Gasteiger partial charge is 0.329 e. The highest BCUT2D eigenvalue weighted by atomic mass is 35.5. The first-order valence-corrected chi connectivity index (χ1v) is 8.76. The highest BCUT2D eigenvalue weighted by Crippen LogP contribution is 2.16. The van der Waals surface area contributed by atoms with E-state index in [0.717, 1.165) is 0 Å². The van der Waals surface area contributed by atoms with Crippen molar-refractivity contribution in [2.24, 2.45) is 5.10 Å². The van der Waals surface area contributed by atoms with Gasteiger partial charge in [0.1, 0.15) is 5.75 Å². The minimum Gasteiger partial charge on any atom is -0.483 e. The van der Waals surface area contributed by atoms with Crippen LogP contribution in [0.2, 0.25) is 5.02 Å². The fourth-order valence-corrected chi connectivity index (χ4v) is 2.17. The van der Waals surface area contributed by atoms with Gasteiger partial charge in [0.05, 0.1) is 6.21 Å². The van der Waals surface area contributed by atoms with Gasteiger partial charge < -0.3 is 15.4 Å². The van der Waals surface area contributed by atoms with Crippen LogP contribution in [0.25, 0.3) is 0 Å². The number of halogens is 1. The van der Waals surface area contributed by atoms with Gasteiger partial charge in [-0.2, -0.15) is 5.10 Å². The molecular formula is C19H19ClN4O4. The molecule has 146 valence electrons. The number of likely N-dealkylation sites (N-methyl/N-ethyl adjacent to an activating group) is 1. The van der Waals surface area contributed by atoms with E-state index in [4.69, 9.17) is 16.3 Å². The van der Waals surface area contributed by atoms with E-state index >= 15 is 0 Å². The lowest BCUT2D eigenvalue weighted by molar-refractivity contribution is -0.139. The highest BCUT2D eigenvalue weighted by molar-refractivity contribution is 6.35. The number of rotatable bonds is 7. The van der Waals surface area contributed by atoms with Crippen molar-refractivity contribution in [2.45, 2.75) is 6.92 Å². The molecule has 2 rings (SSSR count). The average molecular weight is 403 g/mol. The molecule has 0 aliphatic carbocycles. The number of amides is 3. The number of carbonyl (C=O) groups is 3. The topological polar surface area (TPSA) is 109 Å². The summed E-state index contributed by atoms with van der Waals surface area (Å²) < 4.78 is 5.52. The number of benzene rings is 2. The summed E-state index contributed by atoms with van der Waals surface area (Å²) in [6, 6.07) is 13.5. The van der Waals surface area contributed by atoms with E-state index < -0.39 is 11.8 Å². The zero-order valence-electron chi connectivity index (χ0n) is 15.1. The van der Waals surface area contributed by atoms with E-state index in [1.807, 2.05) is 0 Å². The predicted octanol–water partition coefficient (Wildman–Crippen LogP) is 1.94. The van der Waals surface area contributed by atoms with E-state index in [-0.39, 0.29) is 12.5 Å². The van der Waals surface area contributed by atoms with Crippen molar-refractivity contribution >= 4 is 41.2 Å². The maximum atomic E-state index is 12.0. The Balaban J connectivity index is 1.91. The zero-order valence-corrected chi connectivity index (χ0v) is 15.8. The lowest BCUT2D eigenvalue weighted by Gasteiger charge is -2.09. The van der Waals surface area contributed by atoms with Crippen molar-refractivity contribution < 1.29 is 19.1 Å². The second-order valence-electron chi connectivity index (χ2n) is 5.44. The van der Waals surface area contributed by atoms with Gasteiger partial charge in [-0.1, -0.05) is 23.7 Å². The Bertz CT molecular complexity index is 868. The third-order valence-corrected chi connectivity index (χ3v) is 3.57. The third kappa shape index (κ3) is 6.73. The molecule has 0 bridgehead atoms. The number of hydrogen-bond donors (Lipinski definition) is 3. The third-order valence-electron chi connectivity index (χ3n) is 3.32. The maximum absolute atomic E-state index is 12.0. The van der Waals surface area contributed by atoms with Gasteiger partial charge in [-0.05, 0) is 43.3 Å². The predicted molar refractivity (Wildman–Crippen MR) is 106 cm³/mol. The van der Waals surface area contributed by atoms with Gasteiger partial charge in [0.2, 0.25) is 0 Å². The SMILES string of the molecule is CCNC(=O)C(=O)N/N=C\c1ccccc1OCC(=O)Nc1ccc(Cl)cc1. The lowest BCUT2D eigenvalue weighted by atomic mass is 10.2. The summed E-state index contributed by atoms with van der Waals surface area (Å²) in [5.74, 6) is -1.61.